The number of likely N-dealkylation sites (tertiary alicyclic amines) is 1. The van der Waals surface area contributed by atoms with Gasteiger partial charge in [0.15, 0.2) is 0 Å². The van der Waals surface area contributed by atoms with E-state index in [1.54, 1.807) is 0 Å². The van der Waals surface area contributed by atoms with Crippen molar-refractivity contribution in [1.82, 2.24) is 4.90 Å². The van der Waals surface area contributed by atoms with Crippen LogP contribution in [-0.4, -0.2) is 18.0 Å². The zero-order valence-corrected chi connectivity index (χ0v) is 14.6. The van der Waals surface area contributed by atoms with E-state index in [0.717, 1.165) is 19.6 Å². The van der Waals surface area contributed by atoms with Crippen molar-refractivity contribution < 1.29 is 0 Å². The third kappa shape index (κ3) is 2.08. The van der Waals surface area contributed by atoms with Crippen LogP contribution in [0.3, 0.4) is 0 Å². The minimum Gasteiger partial charge on any atom is -0.296 e. The average Bonchev–Trinajstić information content (AvgIpc) is 3.20. The molecular weight excluding hydrogens is 316 g/mol. The number of hydrogen-bond donors (Lipinski definition) is 0. The van der Waals surface area contributed by atoms with Crippen LogP contribution < -0.4 is 0 Å². The van der Waals surface area contributed by atoms with Crippen molar-refractivity contribution in [3.05, 3.63) is 95.6 Å². The molecule has 1 spiro atoms. The van der Waals surface area contributed by atoms with Crippen LogP contribution in [0.4, 0.5) is 0 Å². The number of benzene rings is 3. The molecule has 0 radical (unpaired) electrons. The first-order valence-corrected chi connectivity index (χ1v) is 9.18. The highest BCUT2D eigenvalue weighted by Crippen LogP contribution is 2.55. The fourth-order valence-corrected chi connectivity index (χ4v) is 4.96. The lowest BCUT2D eigenvalue weighted by molar-refractivity contribution is 0.314. The predicted octanol–water partition coefficient (Wildman–Crippen LogP) is 4.61. The lowest BCUT2D eigenvalue weighted by atomic mass is 9.71. The zero-order chi connectivity index (χ0) is 17.6. The maximum atomic E-state index is 10.1. The van der Waals surface area contributed by atoms with Crippen molar-refractivity contribution in [2.75, 3.05) is 13.1 Å². The van der Waals surface area contributed by atoms with E-state index in [9.17, 15) is 5.26 Å². The van der Waals surface area contributed by atoms with Gasteiger partial charge in [0.2, 0.25) is 0 Å². The van der Waals surface area contributed by atoms with Crippen LogP contribution in [0, 0.1) is 17.2 Å². The van der Waals surface area contributed by atoms with Crippen molar-refractivity contribution >= 4 is 0 Å². The van der Waals surface area contributed by atoms with Crippen LogP contribution in [0.5, 0.6) is 0 Å². The van der Waals surface area contributed by atoms with Gasteiger partial charge in [0.25, 0.3) is 0 Å². The maximum Gasteiger partial charge on any atom is 0.0740 e. The number of nitrogens with zero attached hydrogens (tertiary/aromatic N) is 2. The molecule has 0 aromatic heterocycles. The Bertz CT molecular complexity index is 954. The molecule has 1 atom stereocenters. The normalized spacial score (nSPS) is 19.9. The fourth-order valence-electron chi connectivity index (χ4n) is 4.96. The Balaban J connectivity index is 1.62. The van der Waals surface area contributed by atoms with E-state index in [1.807, 2.05) is 0 Å². The minimum atomic E-state index is -0.212. The van der Waals surface area contributed by atoms with Gasteiger partial charge in [-0.3, -0.25) is 4.90 Å². The molecule has 2 heteroatoms. The van der Waals surface area contributed by atoms with Gasteiger partial charge < -0.3 is 0 Å². The van der Waals surface area contributed by atoms with E-state index in [-0.39, 0.29) is 11.3 Å². The molecule has 1 aliphatic heterocycles. The van der Waals surface area contributed by atoms with E-state index in [0.29, 0.717) is 0 Å². The summed E-state index contributed by atoms with van der Waals surface area (Å²) in [5.41, 5.74) is 6.33. The lowest BCUT2D eigenvalue weighted by Gasteiger charge is -2.30. The third-order valence-electron chi connectivity index (χ3n) is 6.02. The highest BCUT2D eigenvalue weighted by molar-refractivity contribution is 5.82. The largest absolute Gasteiger partial charge is 0.296 e. The second kappa shape index (κ2) is 5.83. The van der Waals surface area contributed by atoms with Gasteiger partial charge in [-0.15, -0.1) is 0 Å². The topological polar surface area (TPSA) is 27.0 Å². The van der Waals surface area contributed by atoms with Crippen molar-refractivity contribution in [3.63, 3.8) is 0 Å². The van der Waals surface area contributed by atoms with Gasteiger partial charge in [0.1, 0.15) is 0 Å². The number of rotatable bonds is 2. The first kappa shape index (κ1) is 15.4. The van der Waals surface area contributed by atoms with Crippen molar-refractivity contribution in [1.29, 1.82) is 5.26 Å². The summed E-state index contributed by atoms with van der Waals surface area (Å²) in [6, 6.07) is 30.5. The first-order chi connectivity index (χ1) is 12.8. The van der Waals surface area contributed by atoms with Gasteiger partial charge in [-0.05, 0) is 27.8 Å². The van der Waals surface area contributed by atoms with E-state index in [2.05, 4.69) is 89.8 Å². The predicted molar refractivity (Wildman–Crippen MR) is 103 cm³/mol. The monoisotopic (exact) mass is 336 g/mol. The second-order valence-corrected chi connectivity index (χ2v) is 7.40. The molecule has 1 aliphatic carbocycles. The Kier molecular flexibility index (Phi) is 3.45. The van der Waals surface area contributed by atoms with Crippen LogP contribution in [-0.2, 0) is 12.0 Å². The molecule has 5 rings (SSSR count). The Hall–Kier alpha value is -2.89. The molecule has 1 fully saturated rings. The maximum absolute atomic E-state index is 10.1. The molecule has 0 bridgehead atoms. The van der Waals surface area contributed by atoms with Gasteiger partial charge in [0.05, 0.1) is 17.4 Å². The molecule has 1 unspecified atom stereocenters. The molecule has 0 saturated carbocycles. The average molecular weight is 336 g/mol. The Morgan fingerprint density at radius 2 is 1.42 bits per heavy atom. The standard InChI is InChI=1S/C24H20N2/c25-14-19-16-26(15-18-8-2-1-3-9-18)17-24(19)22-12-6-4-10-20(22)21-11-5-7-13-23(21)24/h1-13,19H,15-17H2. The van der Waals surface area contributed by atoms with Crippen LogP contribution in [0.25, 0.3) is 11.1 Å². The summed E-state index contributed by atoms with van der Waals surface area (Å²) < 4.78 is 0. The van der Waals surface area contributed by atoms with Crippen molar-refractivity contribution in [3.8, 4) is 17.2 Å². The van der Waals surface area contributed by atoms with Gasteiger partial charge in [-0.1, -0.05) is 78.9 Å². The van der Waals surface area contributed by atoms with Gasteiger partial charge in [-0.2, -0.15) is 5.26 Å². The van der Waals surface area contributed by atoms with Gasteiger partial charge >= 0.3 is 0 Å². The lowest BCUT2D eigenvalue weighted by Crippen LogP contribution is -2.34. The Morgan fingerprint density at radius 3 is 2.04 bits per heavy atom. The molecular formula is C24H20N2. The zero-order valence-electron chi connectivity index (χ0n) is 14.6. The Labute approximate surface area is 154 Å². The molecule has 2 nitrogen and oxygen atoms in total. The highest BCUT2D eigenvalue weighted by atomic mass is 15.2. The molecule has 3 aromatic rings. The summed E-state index contributed by atoms with van der Waals surface area (Å²) >= 11 is 0. The molecule has 26 heavy (non-hydrogen) atoms. The van der Waals surface area contributed by atoms with Crippen molar-refractivity contribution in [2.24, 2.45) is 5.92 Å². The van der Waals surface area contributed by atoms with Gasteiger partial charge in [0, 0.05) is 19.6 Å². The van der Waals surface area contributed by atoms with Crippen LogP contribution in [0.15, 0.2) is 78.9 Å². The molecule has 1 heterocycles. The van der Waals surface area contributed by atoms with E-state index < -0.39 is 0 Å². The van der Waals surface area contributed by atoms with Gasteiger partial charge in [-0.25, -0.2) is 0 Å². The number of hydrogen-bond acceptors (Lipinski definition) is 2. The highest BCUT2D eigenvalue weighted by Gasteiger charge is 2.54. The Morgan fingerprint density at radius 1 is 0.846 bits per heavy atom. The van der Waals surface area contributed by atoms with E-state index >= 15 is 0 Å². The van der Waals surface area contributed by atoms with E-state index in [4.69, 9.17) is 0 Å². The molecule has 0 N–H and O–H groups in total. The third-order valence-corrected chi connectivity index (χ3v) is 6.02. The summed E-state index contributed by atoms with van der Waals surface area (Å²) in [5, 5.41) is 10.1. The summed E-state index contributed by atoms with van der Waals surface area (Å²) in [5.74, 6) is -0.0315. The van der Waals surface area contributed by atoms with E-state index in [1.165, 1.54) is 27.8 Å². The first-order valence-electron chi connectivity index (χ1n) is 9.18. The van der Waals surface area contributed by atoms with Crippen LogP contribution in [0.2, 0.25) is 0 Å². The smallest absolute Gasteiger partial charge is 0.0740 e. The number of nitriles is 1. The quantitative estimate of drug-likeness (QED) is 0.683. The number of fused-ring (bicyclic) bond motifs is 5. The van der Waals surface area contributed by atoms with Crippen molar-refractivity contribution in [2.45, 2.75) is 12.0 Å². The molecule has 126 valence electrons. The summed E-state index contributed by atoms with van der Waals surface area (Å²) in [7, 11) is 0. The SMILES string of the molecule is N#CC1CN(Cc2ccccc2)CC12c1ccccc1-c1ccccc12. The second-order valence-electron chi connectivity index (χ2n) is 7.40. The molecule has 2 aliphatic rings. The minimum absolute atomic E-state index is 0.0315. The molecule has 3 aromatic carbocycles. The molecule has 0 amide bonds. The van der Waals surface area contributed by atoms with Crippen LogP contribution in [0.1, 0.15) is 16.7 Å². The fraction of sp³-hybridized carbons (Fsp3) is 0.208. The summed E-state index contributed by atoms with van der Waals surface area (Å²) in [4.78, 5) is 2.45. The summed E-state index contributed by atoms with van der Waals surface area (Å²) in [6.45, 7) is 2.60. The molecule has 1 saturated heterocycles. The van der Waals surface area contributed by atoms with Crippen LogP contribution >= 0.6 is 0 Å². The summed E-state index contributed by atoms with van der Waals surface area (Å²) in [6.07, 6.45) is 0.